The first kappa shape index (κ1) is 17.1. The Labute approximate surface area is 143 Å². The lowest BCUT2D eigenvalue weighted by Crippen LogP contribution is -2.27. The fourth-order valence-electron chi connectivity index (χ4n) is 2.32. The van der Waals surface area contributed by atoms with Crippen molar-refractivity contribution >= 4 is 44.6 Å². The zero-order valence-electron chi connectivity index (χ0n) is 12.5. The van der Waals surface area contributed by atoms with E-state index < -0.39 is 11.4 Å². The third kappa shape index (κ3) is 3.73. The van der Waals surface area contributed by atoms with Gasteiger partial charge in [-0.25, -0.2) is 0 Å². The Morgan fingerprint density at radius 1 is 1.52 bits per heavy atom. The van der Waals surface area contributed by atoms with Gasteiger partial charge >= 0.3 is 0 Å². The van der Waals surface area contributed by atoms with Gasteiger partial charge in [0.1, 0.15) is 21.8 Å². The highest BCUT2D eigenvalue weighted by molar-refractivity contribution is 9.10. The van der Waals surface area contributed by atoms with Gasteiger partial charge in [0.2, 0.25) is 0 Å². The smallest absolute Gasteiger partial charge is 0.144 e. The van der Waals surface area contributed by atoms with E-state index in [9.17, 15) is 4.55 Å². The molecule has 1 aliphatic carbocycles. The van der Waals surface area contributed by atoms with Gasteiger partial charge in [0, 0.05) is 16.0 Å². The molecule has 2 rings (SSSR count). The van der Waals surface area contributed by atoms with Crippen molar-refractivity contribution in [2.24, 2.45) is 10.3 Å². The number of benzene rings is 1. The van der Waals surface area contributed by atoms with E-state index in [4.69, 9.17) is 11.6 Å². The van der Waals surface area contributed by atoms with Crippen molar-refractivity contribution in [3.05, 3.63) is 45.4 Å². The molecule has 1 aromatic rings. The normalized spacial score (nSPS) is 21.4. The molecule has 1 aliphatic rings. The first-order valence-electron chi connectivity index (χ1n) is 6.83. The van der Waals surface area contributed by atoms with E-state index in [1.807, 2.05) is 39.0 Å². The molecule has 0 bridgehead atoms. The molecule has 0 unspecified atom stereocenters. The van der Waals surface area contributed by atoms with Gasteiger partial charge in [-0.15, -0.1) is 6.58 Å². The standard InChI is InChI=1S/C16H19BrClNOS/c1-5-6-10-7-11-8-14(18)13(17)9-12(11)15(10)19-21(20)16(2,3)4/h5,8-10H,1,6-7H2,2-4H3/b19-15+/t10-,21+/m0/s1. The van der Waals surface area contributed by atoms with Gasteiger partial charge in [0.25, 0.3) is 0 Å². The maximum absolute atomic E-state index is 12.4. The van der Waals surface area contributed by atoms with Gasteiger partial charge < -0.3 is 4.55 Å². The Morgan fingerprint density at radius 3 is 2.76 bits per heavy atom. The van der Waals surface area contributed by atoms with Crippen molar-refractivity contribution in [3.8, 4) is 0 Å². The number of halogens is 2. The quantitative estimate of drug-likeness (QED) is 0.524. The molecular formula is C16H19BrClNOS. The fourth-order valence-corrected chi connectivity index (χ4v) is 3.55. The van der Waals surface area contributed by atoms with E-state index in [1.54, 1.807) is 0 Å². The molecule has 0 saturated carbocycles. The summed E-state index contributed by atoms with van der Waals surface area (Å²) in [6.07, 6.45) is 3.58. The fraction of sp³-hybridized carbons (Fsp3) is 0.438. The summed E-state index contributed by atoms with van der Waals surface area (Å²) < 4.78 is 17.4. The number of hydrogen-bond donors (Lipinski definition) is 0. The van der Waals surface area contributed by atoms with Crippen molar-refractivity contribution in [1.82, 2.24) is 0 Å². The van der Waals surface area contributed by atoms with Crippen LogP contribution in [0.1, 0.15) is 38.3 Å². The van der Waals surface area contributed by atoms with Crippen LogP contribution >= 0.6 is 27.5 Å². The molecule has 21 heavy (non-hydrogen) atoms. The summed E-state index contributed by atoms with van der Waals surface area (Å²) in [6, 6.07) is 3.96. The van der Waals surface area contributed by atoms with E-state index in [0.29, 0.717) is 5.02 Å². The van der Waals surface area contributed by atoms with Crippen LogP contribution in [0.25, 0.3) is 0 Å². The van der Waals surface area contributed by atoms with Crippen molar-refractivity contribution < 1.29 is 4.55 Å². The van der Waals surface area contributed by atoms with E-state index in [2.05, 4.69) is 26.9 Å². The topological polar surface area (TPSA) is 35.4 Å². The summed E-state index contributed by atoms with van der Waals surface area (Å²) in [5, 5.41) is 0.698. The lowest BCUT2D eigenvalue weighted by molar-refractivity contribution is 0.561. The second kappa shape index (κ2) is 6.45. The maximum Gasteiger partial charge on any atom is 0.144 e. The van der Waals surface area contributed by atoms with E-state index in [1.165, 1.54) is 5.56 Å². The number of nitrogens with zero attached hydrogens (tertiary/aromatic N) is 1. The molecule has 0 N–H and O–H groups in total. The Hall–Kier alpha value is -0.290. The van der Waals surface area contributed by atoms with Crippen LogP contribution in [-0.4, -0.2) is 15.0 Å². The summed E-state index contributed by atoms with van der Waals surface area (Å²) in [7, 11) is 0. The molecule has 1 aromatic carbocycles. The van der Waals surface area contributed by atoms with Crippen LogP contribution in [0.5, 0.6) is 0 Å². The molecule has 114 valence electrons. The third-order valence-electron chi connectivity index (χ3n) is 3.43. The van der Waals surface area contributed by atoms with Crippen LogP contribution in [0.2, 0.25) is 5.02 Å². The zero-order valence-corrected chi connectivity index (χ0v) is 15.6. The second-order valence-corrected chi connectivity index (χ2v) is 9.35. The van der Waals surface area contributed by atoms with Crippen LogP contribution in [0.4, 0.5) is 0 Å². The molecule has 0 spiro atoms. The average Bonchev–Trinajstić information content (AvgIpc) is 2.67. The lowest BCUT2D eigenvalue weighted by Gasteiger charge is -2.20. The second-order valence-electron chi connectivity index (χ2n) is 6.19. The Bertz CT molecular complexity index is 595. The van der Waals surface area contributed by atoms with Crippen LogP contribution in [0, 0.1) is 5.92 Å². The third-order valence-corrected chi connectivity index (χ3v) is 6.04. The summed E-state index contributed by atoms with van der Waals surface area (Å²) in [5.41, 5.74) is 3.13. The van der Waals surface area contributed by atoms with Gasteiger partial charge in [-0.05, 0) is 67.2 Å². The molecule has 0 aromatic heterocycles. The minimum absolute atomic E-state index is 0.231. The minimum Gasteiger partial charge on any atom is -0.591 e. The highest BCUT2D eigenvalue weighted by Crippen LogP contribution is 2.36. The molecule has 0 aliphatic heterocycles. The van der Waals surface area contributed by atoms with E-state index >= 15 is 0 Å². The van der Waals surface area contributed by atoms with Gasteiger partial charge in [-0.3, -0.25) is 0 Å². The molecule has 0 fully saturated rings. The monoisotopic (exact) mass is 387 g/mol. The Morgan fingerprint density at radius 2 is 2.19 bits per heavy atom. The Kier molecular flexibility index (Phi) is 5.24. The molecule has 2 atom stereocenters. The van der Waals surface area contributed by atoms with E-state index in [0.717, 1.165) is 28.6 Å². The highest BCUT2D eigenvalue weighted by atomic mass is 79.9. The highest BCUT2D eigenvalue weighted by Gasteiger charge is 2.34. The van der Waals surface area contributed by atoms with Crippen LogP contribution in [0.3, 0.4) is 0 Å². The predicted molar refractivity (Wildman–Crippen MR) is 95.6 cm³/mol. The van der Waals surface area contributed by atoms with E-state index in [-0.39, 0.29) is 10.7 Å². The molecule has 0 saturated heterocycles. The maximum atomic E-state index is 12.4. The van der Waals surface area contributed by atoms with Crippen LogP contribution in [0.15, 0.2) is 33.7 Å². The first-order chi connectivity index (χ1) is 9.74. The number of fused-ring (bicyclic) bond motifs is 1. The van der Waals surface area contributed by atoms with Gasteiger partial charge in [0.05, 0.1) is 5.02 Å². The van der Waals surface area contributed by atoms with Crippen molar-refractivity contribution in [3.63, 3.8) is 0 Å². The molecule has 0 heterocycles. The largest absolute Gasteiger partial charge is 0.591 e. The van der Waals surface area contributed by atoms with Gasteiger partial charge in [-0.1, -0.05) is 22.1 Å². The number of rotatable bonds is 3. The minimum atomic E-state index is -1.27. The Balaban J connectivity index is 2.49. The van der Waals surface area contributed by atoms with Crippen LogP contribution < -0.4 is 0 Å². The SMILES string of the molecule is C=CC[C@H]1Cc2cc(Cl)c(Br)cc2/C1=N/[S@+]([O-])C(C)(C)C. The van der Waals surface area contributed by atoms with Crippen molar-refractivity contribution in [1.29, 1.82) is 0 Å². The zero-order chi connectivity index (χ0) is 15.8. The summed E-state index contributed by atoms with van der Waals surface area (Å²) >= 11 is 8.37. The molecular weight excluding hydrogens is 370 g/mol. The van der Waals surface area contributed by atoms with Crippen LogP contribution in [-0.2, 0) is 17.8 Å². The number of hydrogen-bond acceptors (Lipinski definition) is 2. The first-order valence-corrected chi connectivity index (χ1v) is 9.11. The summed E-state index contributed by atoms with van der Waals surface area (Å²) in [6.45, 7) is 9.62. The molecule has 0 radical (unpaired) electrons. The van der Waals surface area contributed by atoms with Gasteiger partial charge in [-0.2, -0.15) is 0 Å². The molecule has 2 nitrogen and oxygen atoms in total. The van der Waals surface area contributed by atoms with Gasteiger partial charge in [0.15, 0.2) is 0 Å². The summed E-state index contributed by atoms with van der Waals surface area (Å²) in [5.74, 6) is 0.231. The van der Waals surface area contributed by atoms with Crippen molar-refractivity contribution in [2.45, 2.75) is 38.4 Å². The average molecular weight is 389 g/mol. The number of allylic oxidation sites excluding steroid dienone is 1. The molecule has 5 heteroatoms. The lowest BCUT2D eigenvalue weighted by atomic mass is 10.0. The predicted octanol–water partition coefficient (Wildman–Crippen LogP) is 5.10. The molecule has 0 amide bonds. The van der Waals surface area contributed by atoms with Crippen molar-refractivity contribution in [2.75, 3.05) is 0 Å². The summed E-state index contributed by atoms with van der Waals surface area (Å²) in [4.78, 5) is 0.